The molecule has 0 heterocycles. The third-order valence-corrected chi connectivity index (χ3v) is 3.83. The molecule has 0 saturated carbocycles. The summed E-state index contributed by atoms with van der Waals surface area (Å²) in [6.07, 6.45) is 0. The van der Waals surface area contributed by atoms with Crippen molar-refractivity contribution in [3.63, 3.8) is 0 Å². The highest BCUT2D eigenvalue weighted by molar-refractivity contribution is 8.00. The minimum absolute atomic E-state index is 0.151. The van der Waals surface area contributed by atoms with Crippen LogP contribution < -0.4 is 10.6 Å². The van der Waals surface area contributed by atoms with E-state index in [1.54, 1.807) is 0 Å². The Hall–Kier alpha value is -2.34. The summed E-state index contributed by atoms with van der Waals surface area (Å²) in [4.78, 5) is 23.5. The fraction of sp³-hybridized carbons (Fsp3) is 0.176. The fourth-order valence-electron chi connectivity index (χ4n) is 1.89. The second-order valence-electron chi connectivity index (χ2n) is 4.97. The number of benzene rings is 2. The van der Waals surface area contributed by atoms with Crippen LogP contribution in [0, 0.1) is 12.7 Å². The molecule has 2 aromatic rings. The van der Waals surface area contributed by atoms with Gasteiger partial charge < -0.3 is 10.6 Å². The zero-order valence-corrected chi connectivity index (χ0v) is 13.5. The summed E-state index contributed by atoms with van der Waals surface area (Å²) in [5, 5.41) is 5.42. The van der Waals surface area contributed by atoms with E-state index in [4.69, 9.17) is 0 Å². The Labute approximate surface area is 138 Å². The van der Waals surface area contributed by atoms with Crippen molar-refractivity contribution in [1.29, 1.82) is 0 Å². The normalized spacial score (nSPS) is 10.2. The molecular formula is C17H17FN2O2S. The van der Waals surface area contributed by atoms with Crippen LogP contribution in [0.3, 0.4) is 0 Å². The van der Waals surface area contributed by atoms with E-state index < -0.39 is 0 Å². The molecule has 0 aliphatic heterocycles. The number of hydrogen-bond donors (Lipinski definition) is 2. The summed E-state index contributed by atoms with van der Waals surface area (Å²) < 4.78 is 12.8. The molecule has 0 aliphatic rings. The van der Waals surface area contributed by atoms with Crippen LogP contribution in [-0.2, 0) is 9.59 Å². The van der Waals surface area contributed by atoms with Crippen molar-refractivity contribution in [2.24, 2.45) is 0 Å². The number of nitrogens with one attached hydrogen (secondary N) is 2. The number of aryl methyl sites for hydroxylation is 1. The first kappa shape index (κ1) is 17.0. The van der Waals surface area contributed by atoms with Gasteiger partial charge in [-0.1, -0.05) is 12.1 Å². The van der Waals surface area contributed by atoms with Crippen molar-refractivity contribution >= 4 is 35.0 Å². The van der Waals surface area contributed by atoms with E-state index in [-0.39, 0.29) is 29.1 Å². The maximum absolute atomic E-state index is 12.8. The molecular weight excluding hydrogens is 315 g/mol. The van der Waals surface area contributed by atoms with Gasteiger partial charge in [0.2, 0.25) is 11.8 Å². The molecule has 120 valence electrons. The van der Waals surface area contributed by atoms with Gasteiger partial charge in [0.15, 0.2) is 0 Å². The molecule has 0 radical (unpaired) electrons. The molecule has 0 aliphatic carbocycles. The Morgan fingerprint density at radius 2 is 1.57 bits per heavy atom. The van der Waals surface area contributed by atoms with E-state index in [0.29, 0.717) is 5.69 Å². The van der Waals surface area contributed by atoms with Crippen molar-refractivity contribution in [3.05, 3.63) is 59.9 Å². The second kappa shape index (κ2) is 8.33. The van der Waals surface area contributed by atoms with E-state index in [2.05, 4.69) is 10.6 Å². The summed E-state index contributed by atoms with van der Waals surface area (Å²) >= 11 is 1.22. The molecule has 0 aromatic heterocycles. The fourth-order valence-corrected chi connectivity index (χ4v) is 2.50. The Bertz CT molecular complexity index is 689. The number of anilines is 2. The standard InChI is InChI=1S/C17H17FN2O2S/c1-12-3-2-4-15(9-12)20-17(22)11-23-10-16(21)19-14-7-5-13(18)6-8-14/h2-9H,10-11H2,1H3,(H,19,21)(H,20,22). The first-order valence-corrected chi connectivity index (χ1v) is 8.18. The third kappa shape index (κ3) is 6.12. The van der Waals surface area contributed by atoms with E-state index >= 15 is 0 Å². The van der Waals surface area contributed by atoms with Crippen LogP contribution in [0.2, 0.25) is 0 Å². The van der Waals surface area contributed by atoms with Crippen LogP contribution in [-0.4, -0.2) is 23.3 Å². The molecule has 2 N–H and O–H groups in total. The number of carbonyl (C=O) groups excluding carboxylic acids is 2. The van der Waals surface area contributed by atoms with Crippen molar-refractivity contribution < 1.29 is 14.0 Å². The highest BCUT2D eigenvalue weighted by Crippen LogP contribution is 2.12. The van der Waals surface area contributed by atoms with Gasteiger partial charge in [-0.05, 0) is 48.9 Å². The monoisotopic (exact) mass is 332 g/mol. The zero-order chi connectivity index (χ0) is 16.7. The van der Waals surface area contributed by atoms with Crippen LogP contribution in [0.15, 0.2) is 48.5 Å². The summed E-state index contributed by atoms with van der Waals surface area (Å²) in [6.45, 7) is 1.95. The largest absolute Gasteiger partial charge is 0.325 e. The lowest BCUT2D eigenvalue weighted by Crippen LogP contribution is -2.18. The van der Waals surface area contributed by atoms with Crippen LogP contribution in [0.1, 0.15) is 5.56 Å². The molecule has 2 rings (SSSR count). The molecule has 2 aromatic carbocycles. The summed E-state index contributed by atoms with van der Waals surface area (Å²) in [6, 6.07) is 13.0. The van der Waals surface area contributed by atoms with Gasteiger partial charge in [0.1, 0.15) is 5.82 Å². The molecule has 0 fully saturated rings. The van der Waals surface area contributed by atoms with E-state index in [0.717, 1.165) is 11.3 Å². The minimum atomic E-state index is -0.356. The van der Waals surface area contributed by atoms with Gasteiger partial charge in [0, 0.05) is 11.4 Å². The number of thioether (sulfide) groups is 1. The average Bonchev–Trinajstić information content (AvgIpc) is 2.49. The van der Waals surface area contributed by atoms with Crippen molar-refractivity contribution in [3.8, 4) is 0 Å². The summed E-state index contributed by atoms with van der Waals surface area (Å²) in [7, 11) is 0. The van der Waals surface area contributed by atoms with Gasteiger partial charge in [-0.2, -0.15) is 0 Å². The van der Waals surface area contributed by atoms with Gasteiger partial charge in [0.05, 0.1) is 11.5 Å². The number of rotatable bonds is 6. The highest BCUT2D eigenvalue weighted by Gasteiger charge is 2.07. The maximum Gasteiger partial charge on any atom is 0.234 e. The van der Waals surface area contributed by atoms with E-state index in [1.807, 2.05) is 31.2 Å². The van der Waals surface area contributed by atoms with Gasteiger partial charge in [-0.15, -0.1) is 11.8 Å². The summed E-state index contributed by atoms with van der Waals surface area (Å²) in [5.41, 5.74) is 2.33. The first-order valence-electron chi connectivity index (χ1n) is 7.02. The van der Waals surface area contributed by atoms with Gasteiger partial charge in [-0.25, -0.2) is 4.39 Å². The average molecular weight is 332 g/mol. The predicted octanol–water partition coefficient (Wildman–Crippen LogP) is 3.44. The number of amides is 2. The lowest BCUT2D eigenvalue weighted by atomic mass is 10.2. The van der Waals surface area contributed by atoms with E-state index in [1.165, 1.54) is 36.0 Å². The van der Waals surface area contributed by atoms with E-state index in [9.17, 15) is 14.0 Å². The van der Waals surface area contributed by atoms with Crippen LogP contribution in [0.25, 0.3) is 0 Å². The first-order chi connectivity index (χ1) is 11.0. The number of halogens is 1. The molecule has 0 bridgehead atoms. The highest BCUT2D eigenvalue weighted by atomic mass is 32.2. The molecule has 6 heteroatoms. The quantitative estimate of drug-likeness (QED) is 0.852. The molecule has 0 unspecified atom stereocenters. The predicted molar refractivity (Wildman–Crippen MR) is 92.2 cm³/mol. The Balaban J connectivity index is 1.70. The lowest BCUT2D eigenvalue weighted by molar-refractivity contribution is -0.114. The molecule has 0 spiro atoms. The van der Waals surface area contributed by atoms with Crippen molar-refractivity contribution in [1.82, 2.24) is 0 Å². The molecule has 0 atom stereocenters. The topological polar surface area (TPSA) is 58.2 Å². The van der Waals surface area contributed by atoms with Gasteiger partial charge >= 0.3 is 0 Å². The van der Waals surface area contributed by atoms with Crippen molar-refractivity contribution in [2.45, 2.75) is 6.92 Å². The Morgan fingerprint density at radius 1 is 0.957 bits per heavy atom. The summed E-state index contributed by atoms with van der Waals surface area (Å²) in [5.74, 6) is -0.408. The van der Waals surface area contributed by atoms with Gasteiger partial charge in [0.25, 0.3) is 0 Å². The third-order valence-electron chi connectivity index (χ3n) is 2.90. The maximum atomic E-state index is 12.8. The smallest absolute Gasteiger partial charge is 0.234 e. The molecule has 4 nitrogen and oxygen atoms in total. The van der Waals surface area contributed by atoms with Crippen molar-refractivity contribution in [2.75, 3.05) is 22.1 Å². The number of carbonyl (C=O) groups is 2. The van der Waals surface area contributed by atoms with Crippen LogP contribution in [0.4, 0.5) is 15.8 Å². The lowest BCUT2D eigenvalue weighted by Gasteiger charge is -2.07. The number of hydrogen-bond acceptors (Lipinski definition) is 3. The molecule has 23 heavy (non-hydrogen) atoms. The second-order valence-corrected chi connectivity index (χ2v) is 5.95. The van der Waals surface area contributed by atoms with Crippen LogP contribution >= 0.6 is 11.8 Å². The minimum Gasteiger partial charge on any atom is -0.325 e. The Kier molecular flexibility index (Phi) is 6.17. The molecule has 0 saturated heterocycles. The molecule has 2 amide bonds. The zero-order valence-electron chi connectivity index (χ0n) is 12.6. The Morgan fingerprint density at radius 3 is 2.17 bits per heavy atom. The van der Waals surface area contributed by atoms with Crippen LogP contribution in [0.5, 0.6) is 0 Å². The SMILES string of the molecule is Cc1cccc(NC(=O)CSCC(=O)Nc2ccc(F)cc2)c1. The van der Waals surface area contributed by atoms with Gasteiger partial charge in [-0.3, -0.25) is 9.59 Å².